The van der Waals surface area contributed by atoms with Gasteiger partial charge in [-0.1, -0.05) is 5.82 Å². The Labute approximate surface area is 138 Å². The molecule has 1 atom stereocenters. The summed E-state index contributed by atoms with van der Waals surface area (Å²) in [5, 5.41) is 9.23. The van der Waals surface area contributed by atoms with Crippen LogP contribution in [0.5, 0.6) is 0 Å². The van der Waals surface area contributed by atoms with E-state index in [2.05, 4.69) is 4.98 Å². The fraction of sp³-hybridized carbons (Fsp3) is 0.438. The van der Waals surface area contributed by atoms with Gasteiger partial charge in [0.2, 0.25) is 5.43 Å². The van der Waals surface area contributed by atoms with Crippen molar-refractivity contribution in [2.45, 2.75) is 31.1 Å². The standard InChI is InChI=1S/C16H15BFN3O3/c17-8-3-4-20(6-8)15-12(18)5-10-13(22)11(16(23)24)7-21(9-1-2-9)14(10)19-15/h5,7-9H,1-4,6H2,(H,23,24)/t8-/m0/s1. The molecule has 24 heavy (non-hydrogen) atoms. The maximum Gasteiger partial charge on any atom is 0.341 e. The van der Waals surface area contributed by atoms with E-state index >= 15 is 0 Å². The van der Waals surface area contributed by atoms with E-state index in [4.69, 9.17) is 7.85 Å². The molecule has 1 aliphatic heterocycles. The number of carbonyl (C=O) groups is 1. The van der Waals surface area contributed by atoms with E-state index in [1.807, 2.05) is 0 Å². The molecule has 1 N–H and O–H groups in total. The minimum absolute atomic E-state index is 0.00606. The first-order valence-corrected chi connectivity index (χ1v) is 7.95. The molecule has 2 radical (unpaired) electrons. The zero-order valence-corrected chi connectivity index (χ0v) is 12.9. The molecule has 1 saturated heterocycles. The summed E-state index contributed by atoms with van der Waals surface area (Å²) < 4.78 is 16.2. The first-order chi connectivity index (χ1) is 11.5. The summed E-state index contributed by atoms with van der Waals surface area (Å²) in [5.41, 5.74) is -0.721. The number of hydrogen-bond donors (Lipinski definition) is 1. The van der Waals surface area contributed by atoms with Crippen molar-refractivity contribution >= 4 is 30.7 Å². The number of carboxylic acids is 1. The molecule has 0 amide bonds. The van der Waals surface area contributed by atoms with Crippen molar-refractivity contribution in [2.75, 3.05) is 18.0 Å². The van der Waals surface area contributed by atoms with E-state index in [9.17, 15) is 19.1 Å². The monoisotopic (exact) mass is 327 g/mol. The van der Waals surface area contributed by atoms with Crippen molar-refractivity contribution in [3.05, 3.63) is 33.9 Å². The Kier molecular flexibility index (Phi) is 3.37. The summed E-state index contributed by atoms with van der Waals surface area (Å²) in [6.07, 6.45) is 3.86. The van der Waals surface area contributed by atoms with E-state index < -0.39 is 17.2 Å². The second kappa shape index (κ2) is 5.32. The number of fused-ring (bicyclic) bond motifs is 1. The lowest BCUT2D eigenvalue weighted by molar-refractivity contribution is 0.0695. The van der Waals surface area contributed by atoms with Crippen molar-refractivity contribution in [1.29, 1.82) is 0 Å². The summed E-state index contributed by atoms with van der Waals surface area (Å²) >= 11 is 0. The summed E-state index contributed by atoms with van der Waals surface area (Å²) in [6.45, 7) is 1.12. The molecular formula is C16H15BFN3O3. The third-order valence-corrected chi connectivity index (χ3v) is 4.63. The number of nitrogens with zero attached hydrogens (tertiary/aromatic N) is 3. The van der Waals surface area contributed by atoms with E-state index in [1.54, 1.807) is 9.47 Å². The number of aromatic carboxylic acids is 1. The number of hydrogen-bond acceptors (Lipinski definition) is 4. The summed E-state index contributed by atoms with van der Waals surface area (Å²) in [7, 11) is 5.88. The van der Waals surface area contributed by atoms with Crippen molar-refractivity contribution < 1.29 is 14.3 Å². The fourth-order valence-electron chi connectivity index (χ4n) is 3.22. The smallest absolute Gasteiger partial charge is 0.341 e. The van der Waals surface area contributed by atoms with Crippen molar-refractivity contribution in [3.63, 3.8) is 0 Å². The highest BCUT2D eigenvalue weighted by atomic mass is 19.1. The van der Waals surface area contributed by atoms with Gasteiger partial charge in [0, 0.05) is 25.3 Å². The van der Waals surface area contributed by atoms with Crippen LogP contribution in [0, 0.1) is 5.82 Å². The maximum atomic E-state index is 14.5. The van der Waals surface area contributed by atoms with Crippen molar-refractivity contribution in [3.8, 4) is 0 Å². The summed E-state index contributed by atoms with van der Waals surface area (Å²) in [6, 6.07) is 1.22. The van der Waals surface area contributed by atoms with E-state index in [-0.39, 0.29) is 28.6 Å². The Morgan fingerprint density at radius 1 is 1.38 bits per heavy atom. The maximum absolute atomic E-state index is 14.5. The number of rotatable bonds is 3. The van der Waals surface area contributed by atoms with Gasteiger partial charge < -0.3 is 14.6 Å². The quantitative estimate of drug-likeness (QED) is 0.869. The van der Waals surface area contributed by atoms with Gasteiger partial charge in [0.25, 0.3) is 0 Å². The van der Waals surface area contributed by atoms with Crippen LogP contribution in [-0.4, -0.2) is 41.6 Å². The normalized spacial score (nSPS) is 20.7. The molecule has 2 fully saturated rings. The third kappa shape index (κ3) is 2.37. The van der Waals surface area contributed by atoms with Gasteiger partial charge in [-0.2, -0.15) is 0 Å². The lowest BCUT2D eigenvalue weighted by atomic mass is 9.87. The van der Waals surface area contributed by atoms with E-state index in [0.717, 1.165) is 25.3 Å². The molecule has 6 nitrogen and oxygen atoms in total. The Hall–Kier alpha value is -2.38. The zero-order chi connectivity index (χ0) is 17.0. The topological polar surface area (TPSA) is 75.4 Å². The molecular weight excluding hydrogens is 312 g/mol. The molecule has 2 aromatic heterocycles. The van der Waals surface area contributed by atoms with Crippen LogP contribution in [0.1, 0.15) is 35.7 Å². The fourth-order valence-corrected chi connectivity index (χ4v) is 3.22. The molecule has 122 valence electrons. The van der Waals surface area contributed by atoms with Crippen molar-refractivity contribution in [1.82, 2.24) is 9.55 Å². The largest absolute Gasteiger partial charge is 0.477 e. The van der Waals surface area contributed by atoms with Gasteiger partial charge in [-0.25, -0.2) is 14.2 Å². The molecule has 8 heteroatoms. The van der Waals surface area contributed by atoms with Crippen LogP contribution >= 0.6 is 0 Å². The highest BCUT2D eigenvalue weighted by Crippen LogP contribution is 2.37. The van der Waals surface area contributed by atoms with Gasteiger partial charge in [-0.15, -0.1) is 0 Å². The van der Waals surface area contributed by atoms with Gasteiger partial charge in [-0.3, -0.25) is 4.79 Å². The Morgan fingerprint density at radius 2 is 2.12 bits per heavy atom. The first-order valence-electron chi connectivity index (χ1n) is 7.95. The number of aromatic nitrogens is 2. The lowest BCUT2D eigenvalue weighted by Gasteiger charge is -2.19. The van der Waals surface area contributed by atoms with E-state index in [0.29, 0.717) is 18.7 Å². The minimum Gasteiger partial charge on any atom is -0.477 e. The predicted octanol–water partition coefficient (Wildman–Crippen LogP) is 1.74. The molecule has 2 aromatic rings. The number of carboxylic acid groups (broad SMARTS) is 1. The highest BCUT2D eigenvalue weighted by molar-refractivity contribution is 6.12. The number of pyridine rings is 2. The summed E-state index contributed by atoms with van der Waals surface area (Å²) in [4.78, 5) is 29.8. The molecule has 3 heterocycles. The van der Waals surface area contributed by atoms with Crippen molar-refractivity contribution in [2.24, 2.45) is 0 Å². The molecule has 0 bridgehead atoms. The van der Waals surface area contributed by atoms with E-state index in [1.165, 1.54) is 6.20 Å². The van der Waals surface area contributed by atoms with Crippen LogP contribution in [0.3, 0.4) is 0 Å². The van der Waals surface area contributed by atoms with Crippen LogP contribution in [0.15, 0.2) is 17.1 Å². The van der Waals surface area contributed by atoms with Gasteiger partial charge in [0.05, 0.1) is 13.2 Å². The highest BCUT2D eigenvalue weighted by Gasteiger charge is 2.29. The van der Waals surface area contributed by atoms with Crippen LogP contribution in [0.25, 0.3) is 11.0 Å². The SMILES string of the molecule is [B][C@H]1CCN(c2nc3c(cc2F)c(=O)c(C(=O)O)cn3C2CC2)C1. The molecule has 0 unspecified atom stereocenters. The van der Waals surface area contributed by atoms with Crippen LogP contribution < -0.4 is 10.3 Å². The molecule has 0 aromatic carbocycles. The molecule has 1 aliphatic carbocycles. The Bertz CT molecular complexity index is 910. The lowest BCUT2D eigenvalue weighted by Crippen LogP contribution is -2.24. The average Bonchev–Trinajstić information content (AvgIpc) is 3.28. The number of anilines is 1. The zero-order valence-electron chi connectivity index (χ0n) is 12.9. The van der Waals surface area contributed by atoms with Crippen LogP contribution in [0.2, 0.25) is 5.82 Å². The second-order valence-corrected chi connectivity index (χ2v) is 6.48. The van der Waals surface area contributed by atoms with Gasteiger partial charge >= 0.3 is 5.97 Å². The molecule has 2 aliphatic rings. The van der Waals surface area contributed by atoms with Gasteiger partial charge in [-0.05, 0) is 25.3 Å². The third-order valence-electron chi connectivity index (χ3n) is 4.63. The second-order valence-electron chi connectivity index (χ2n) is 6.48. The van der Waals surface area contributed by atoms with Gasteiger partial charge in [0.15, 0.2) is 11.6 Å². The minimum atomic E-state index is -1.31. The summed E-state index contributed by atoms with van der Waals surface area (Å²) in [5.74, 6) is -1.79. The Balaban J connectivity index is 1.95. The van der Waals surface area contributed by atoms with Gasteiger partial charge in [0.1, 0.15) is 11.2 Å². The molecule has 0 spiro atoms. The molecule has 4 rings (SSSR count). The average molecular weight is 327 g/mol. The van der Waals surface area contributed by atoms with Crippen LogP contribution in [0.4, 0.5) is 10.2 Å². The molecule has 1 saturated carbocycles. The predicted molar refractivity (Wildman–Crippen MR) is 87.5 cm³/mol. The number of halogens is 1. The Morgan fingerprint density at radius 3 is 2.71 bits per heavy atom. The first kappa shape index (κ1) is 15.2. The van der Waals surface area contributed by atoms with Crippen LogP contribution in [-0.2, 0) is 0 Å².